The molecule has 1 aromatic heterocycles. The van der Waals surface area contributed by atoms with Crippen molar-refractivity contribution >= 4 is 10.9 Å². The van der Waals surface area contributed by atoms with Gasteiger partial charge in [-0.1, -0.05) is 42.5 Å². The zero-order chi connectivity index (χ0) is 11.7. The minimum absolute atomic E-state index is 0.703. The van der Waals surface area contributed by atoms with E-state index in [9.17, 15) is 5.21 Å². The van der Waals surface area contributed by atoms with E-state index in [1.165, 1.54) is 0 Å². The predicted molar refractivity (Wildman–Crippen MR) is 68.3 cm³/mol. The molecule has 3 aromatic rings. The summed E-state index contributed by atoms with van der Waals surface area (Å²) in [7, 11) is 0. The first kappa shape index (κ1) is 9.85. The van der Waals surface area contributed by atoms with E-state index in [1.54, 1.807) is 6.20 Å². The molecule has 82 valence electrons. The van der Waals surface area contributed by atoms with Gasteiger partial charge in [-0.2, -0.15) is 4.73 Å². The van der Waals surface area contributed by atoms with Gasteiger partial charge in [-0.15, -0.1) is 0 Å². The van der Waals surface area contributed by atoms with Crippen LogP contribution in [-0.2, 0) is 0 Å². The van der Waals surface area contributed by atoms with Crippen molar-refractivity contribution in [3.63, 3.8) is 0 Å². The van der Waals surface area contributed by atoms with Gasteiger partial charge in [0.1, 0.15) is 0 Å². The van der Waals surface area contributed by atoms with Crippen molar-refractivity contribution in [2.75, 3.05) is 0 Å². The van der Waals surface area contributed by atoms with E-state index in [0.29, 0.717) is 5.52 Å². The Labute approximate surface area is 99.3 Å². The lowest BCUT2D eigenvalue weighted by atomic mass is 10.0. The Morgan fingerprint density at radius 2 is 1.47 bits per heavy atom. The molecule has 0 amide bonds. The van der Waals surface area contributed by atoms with Crippen LogP contribution in [0, 0.1) is 5.21 Å². The van der Waals surface area contributed by atoms with Crippen LogP contribution in [0.25, 0.3) is 22.0 Å². The first-order chi connectivity index (χ1) is 8.36. The van der Waals surface area contributed by atoms with Crippen molar-refractivity contribution in [2.24, 2.45) is 0 Å². The Balaban J connectivity index is 2.35. The Bertz CT molecular complexity index is 662. The highest BCUT2D eigenvalue weighted by molar-refractivity contribution is 5.92. The van der Waals surface area contributed by atoms with Gasteiger partial charge in [-0.25, -0.2) is 0 Å². The van der Waals surface area contributed by atoms with Crippen LogP contribution in [0.4, 0.5) is 0 Å². The maximum atomic E-state index is 11.7. The standard InChI is InChI=1S/C15H11NO/c17-16-11-10-13(12-6-2-1-3-7-12)14-8-4-5-9-15(14)16/h1-11H. The molecule has 0 unspecified atom stereocenters. The van der Waals surface area contributed by atoms with Gasteiger partial charge in [0.05, 0.1) is 5.39 Å². The van der Waals surface area contributed by atoms with E-state index in [1.807, 2.05) is 48.5 Å². The molecule has 0 bridgehead atoms. The molecule has 0 saturated heterocycles. The smallest absolute Gasteiger partial charge is 0.224 e. The highest BCUT2D eigenvalue weighted by Crippen LogP contribution is 2.25. The van der Waals surface area contributed by atoms with Gasteiger partial charge in [0.2, 0.25) is 5.52 Å². The molecule has 0 atom stereocenters. The summed E-state index contributed by atoms with van der Waals surface area (Å²) < 4.78 is 0.905. The van der Waals surface area contributed by atoms with E-state index >= 15 is 0 Å². The van der Waals surface area contributed by atoms with Gasteiger partial charge in [0.15, 0.2) is 6.20 Å². The fraction of sp³-hybridized carbons (Fsp3) is 0. The molecule has 2 heteroatoms. The highest BCUT2D eigenvalue weighted by atomic mass is 16.5. The van der Waals surface area contributed by atoms with E-state index in [4.69, 9.17) is 0 Å². The van der Waals surface area contributed by atoms with E-state index in [-0.39, 0.29) is 0 Å². The summed E-state index contributed by atoms with van der Waals surface area (Å²) >= 11 is 0. The van der Waals surface area contributed by atoms with Crippen LogP contribution in [0.3, 0.4) is 0 Å². The number of fused-ring (bicyclic) bond motifs is 1. The van der Waals surface area contributed by atoms with Gasteiger partial charge in [-0.3, -0.25) is 0 Å². The zero-order valence-electron chi connectivity index (χ0n) is 9.21. The van der Waals surface area contributed by atoms with Crippen LogP contribution in [0.2, 0.25) is 0 Å². The summed E-state index contributed by atoms with van der Waals surface area (Å²) in [6.45, 7) is 0. The lowest BCUT2D eigenvalue weighted by molar-refractivity contribution is -0.576. The zero-order valence-corrected chi connectivity index (χ0v) is 9.21. The van der Waals surface area contributed by atoms with Crippen molar-refractivity contribution < 1.29 is 4.73 Å². The third kappa shape index (κ3) is 1.64. The fourth-order valence-electron chi connectivity index (χ4n) is 2.08. The third-order valence-electron chi connectivity index (χ3n) is 2.89. The average Bonchev–Trinajstić information content (AvgIpc) is 2.41. The van der Waals surface area contributed by atoms with Crippen LogP contribution in [0.1, 0.15) is 0 Å². The number of nitrogens with zero attached hydrogens (tertiary/aromatic N) is 1. The van der Waals surface area contributed by atoms with Crippen LogP contribution < -0.4 is 4.73 Å². The first-order valence-electron chi connectivity index (χ1n) is 5.52. The minimum atomic E-state index is 0.703. The summed E-state index contributed by atoms with van der Waals surface area (Å²) in [6, 6.07) is 19.6. The molecule has 0 aliphatic heterocycles. The summed E-state index contributed by atoms with van der Waals surface area (Å²) in [5.41, 5.74) is 2.92. The third-order valence-corrected chi connectivity index (χ3v) is 2.89. The van der Waals surface area contributed by atoms with Gasteiger partial charge >= 0.3 is 0 Å². The highest BCUT2D eigenvalue weighted by Gasteiger charge is 2.08. The lowest BCUT2D eigenvalue weighted by Gasteiger charge is -2.06. The quantitative estimate of drug-likeness (QED) is 0.458. The van der Waals surface area contributed by atoms with Crippen molar-refractivity contribution in [3.8, 4) is 11.1 Å². The molecule has 2 nitrogen and oxygen atoms in total. The van der Waals surface area contributed by atoms with E-state index < -0.39 is 0 Å². The number of hydrogen-bond acceptors (Lipinski definition) is 1. The second-order valence-corrected chi connectivity index (χ2v) is 3.94. The summed E-state index contributed by atoms with van der Waals surface area (Å²) in [5, 5.41) is 12.7. The van der Waals surface area contributed by atoms with Crippen molar-refractivity contribution in [3.05, 3.63) is 72.1 Å². The SMILES string of the molecule is [O-][n+]1ccc(-c2ccccc2)c2ccccc21. The van der Waals surface area contributed by atoms with Gasteiger partial charge in [0, 0.05) is 17.7 Å². The lowest BCUT2D eigenvalue weighted by Crippen LogP contribution is -2.25. The maximum Gasteiger partial charge on any atom is 0.224 e. The molecular formula is C15H11NO. The van der Waals surface area contributed by atoms with Crippen LogP contribution in [0.5, 0.6) is 0 Å². The maximum absolute atomic E-state index is 11.7. The molecular weight excluding hydrogens is 210 g/mol. The van der Waals surface area contributed by atoms with Crippen LogP contribution in [0.15, 0.2) is 66.9 Å². The van der Waals surface area contributed by atoms with Gasteiger partial charge in [0.25, 0.3) is 0 Å². The normalized spacial score (nSPS) is 10.6. The van der Waals surface area contributed by atoms with Crippen molar-refractivity contribution in [1.82, 2.24) is 0 Å². The molecule has 0 fully saturated rings. The van der Waals surface area contributed by atoms with Crippen LogP contribution >= 0.6 is 0 Å². The van der Waals surface area contributed by atoms with Crippen molar-refractivity contribution in [2.45, 2.75) is 0 Å². The molecule has 3 rings (SSSR count). The number of aromatic nitrogens is 1. The molecule has 0 radical (unpaired) electrons. The predicted octanol–water partition coefficient (Wildman–Crippen LogP) is 3.14. The molecule has 0 aliphatic rings. The molecule has 0 N–H and O–H groups in total. The molecule has 2 aromatic carbocycles. The number of hydrogen-bond donors (Lipinski definition) is 0. The number of rotatable bonds is 1. The van der Waals surface area contributed by atoms with E-state index in [2.05, 4.69) is 12.1 Å². The largest absolute Gasteiger partial charge is 0.618 e. The summed E-state index contributed by atoms with van der Waals surface area (Å²) in [4.78, 5) is 0. The molecule has 1 heterocycles. The van der Waals surface area contributed by atoms with E-state index in [0.717, 1.165) is 21.2 Å². The molecule has 0 saturated carbocycles. The number of benzene rings is 2. The number of pyridine rings is 1. The number of para-hydroxylation sites is 1. The molecule has 17 heavy (non-hydrogen) atoms. The topological polar surface area (TPSA) is 26.9 Å². The fourth-order valence-corrected chi connectivity index (χ4v) is 2.08. The minimum Gasteiger partial charge on any atom is -0.618 e. The first-order valence-corrected chi connectivity index (χ1v) is 5.52. The second kappa shape index (κ2) is 3.91. The second-order valence-electron chi connectivity index (χ2n) is 3.94. The van der Waals surface area contributed by atoms with Crippen molar-refractivity contribution in [1.29, 1.82) is 0 Å². The van der Waals surface area contributed by atoms with Crippen LogP contribution in [-0.4, -0.2) is 0 Å². The molecule has 0 spiro atoms. The Morgan fingerprint density at radius 1 is 0.765 bits per heavy atom. The summed E-state index contributed by atoms with van der Waals surface area (Å²) in [5.74, 6) is 0. The average molecular weight is 221 g/mol. The Morgan fingerprint density at radius 3 is 2.29 bits per heavy atom. The Kier molecular flexibility index (Phi) is 2.26. The summed E-state index contributed by atoms with van der Waals surface area (Å²) in [6.07, 6.45) is 1.56. The monoisotopic (exact) mass is 221 g/mol. The van der Waals surface area contributed by atoms with Gasteiger partial charge < -0.3 is 5.21 Å². The molecule has 0 aliphatic carbocycles. The Hall–Kier alpha value is -2.35. The van der Waals surface area contributed by atoms with Gasteiger partial charge in [-0.05, 0) is 11.6 Å².